The van der Waals surface area contributed by atoms with E-state index in [0.717, 1.165) is 16.3 Å². The van der Waals surface area contributed by atoms with Gasteiger partial charge in [0.05, 0.1) is 11.6 Å². The molecule has 1 unspecified atom stereocenters. The predicted molar refractivity (Wildman–Crippen MR) is 127 cm³/mol. The molecule has 1 aliphatic rings. The van der Waals surface area contributed by atoms with Gasteiger partial charge in [0.2, 0.25) is 0 Å². The molecule has 5 rings (SSSR count). The van der Waals surface area contributed by atoms with E-state index in [1.54, 1.807) is 48.8 Å². The number of halogens is 1. The number of rotatable bonds is 4. The minimum Gasteiger partial charge on any atom is -0.507 e. The summed E-state index contributed by atoms with van der Waals surface area (Å²) in [5, 5.41) is 13.7. The summed E-state index contributed by atoms with van der Waals surface area (Å²) < 4.78 is 0. The number of carbonyl (C=O) groups is 2. The van der Waals surface area contributed by atoms with Gasteiger partial charge in [-0.05, 0) is 40.1 Å². The lowest BCUT2D eigenvalue weighted by Gasteiger charge is -2.25. The van der Waals surface area contributed by atoms with Gasteiger partial charge in [-0.3, -0.25) is 14.6 Å². The van der Waals surface area contributed by atoms with Crippen LogP contribution in [0.25, 0.3) is 16.5 Å². The van der Waals surface area contributed by atoms with Gasteiger partial charge in [-0.25, -0.2) is 0 Å². The third kappa shape index (κ3) is 3.77. The third-order valence-electron chi connectivity index (χ3n) is 5.85. The number of pyridine rings is 1. The number of hydrogen-bond acceptors (Lipinski definition) is 4. The molecule has 0 radical (unpaired) electrons. The maximum Gasteiger partial charge on any atom is 0.295 e. The second kappa shape index (κ2) is 8.52. The second-order valence-electron chi connectivity index (χ2n) is 7.87. The molecule has 0 aliphatic carbocycles. The fourth-order valence-electron chi connectivity index (χ4n) is 4.30. The second-order valence-corrected chi connectivity index (χ2v) is 8.30. The van der Waals surface area contributed by atoms with Gasteiger partial charge in [-0.15, -0.1) is 0 Å². The zero-order valence-electron chi connectivity index (χ0n) is 17.5. The van der Waals surface area contributed by atoms with E-state index in [-0.39, 0.29) is 17.9 Å². The molecule has 1 N–H and O–H groups in total. The molecule has 5 nitrogen and oxygen atoms in total. The highest BCUT2D eigenvalue weighted by Gasteiger charge is 2.46. The van der Waals surface area contributed by atoms with Gasteiger partial charge in [0.25, 0.3) is 11.7 Å². The van der Waals surface area contributed by atoms with Gasteiger partial charge in [0.15, 0.2) is 0 Å². The first kappa shape index (κ1) is 20.9. The first-order valence-electron chi connectivity index (χ1n) is 10.5. The van der Waals surface area contributed by atoms with Crippen LogP contribution >= 0.6 is 11.6 Å². The summed E-state index contributed by atoms with van der Waals surface area (Å²) in [5.41, 5.74) is 2.03. The molecule has 6 heteroatoms. The highest BCUT2D eigenvalue weighted by Crippen LogP contribution is 2.41. The highest BCUT2D eigenvalue weighted by molar-refractivity contribution is 6.46. The molecule has 1 saturated heterocycles. The summed E-state index contributed by atoms with van der Waals surface area (Å²) in [6.45, 7) is 0.179. The number of likely N-dealkylation sites (tertiary alicyclic amines) is 1. The maximum absolute atomic E-state index is 13.3. The molecule has 0 spiro atoms. The van der Waals surface area contributed by atoms with Crippen molar-refractivity contribution in [3.63, 3.8) is 0 Å². The third-order valence-corrected chi connectivity index (χ3v) is 6.10. The molecular formula is C27H19ClN2O3. The predicted octanol–water partition coefficient (Wildman–Crippen LogP) is 5.51. The van der Waals surface area contributed by atoms with Crippen molar-refractivity contribution in [1.82, 2.24) is 9.88 Å². The number of ketones is 1. The van der Waals surface area contributed by atoms with Gasteiger partial charge >= 0.3 is 0 Å². The van der Waals surface area contributed by atoms with Crippen molar-refractivity contribution in [2.45, 2.75) is 12.6 Å². The quantitative estimate of drug-likeness (QED) is 0.251. The van der Waals surface area contributed by atoms with Crippen molar-refractivity contribution in [2.24, 2.45) is 0 Å². The summed E-state index contributed by atoms with van der Waals surface area (Å²) >= 11 is 6.08. The van der Waals surface area contributed by atoms with E-state index in [9.17, 15) is 14.7 Å². The molecule has 1 aromatic heterocycles. The highest BCUT2D eigenvalue weighted by atomic mass is 35.5. The van der Waals surface area contributed by atoms with Crippen LogP contribution in [0.5, 0.6) is 0 Å². The fraction of sp³-hybridized carbons (Fsp3) is 0.0741. The molecule has 1 fully saturated rings. The number of amides is 1. The van der Waals surface area contributed by atoms with Crippen LogP contribution in [0.2, 0.25) is 5.02 Å². The molecule has 1 atom stereocenters. The van der Waals surface area contributed by atoms with Gasteiger partial charge in [0, 0.05) is 29.5 Å². The lowest BCUT2D eigenvalue weighted by molar-refractivity contribution is -0.140. The Bertz CT molecular complexity index is 1390. The Kier molecular flexibility index (Phi) is 5.40. The summed E-state index contributed by atoms with van der Waals surface area (Å²) in [6, 6.07) is 22.9. The number of Topliss-reactive ketones (excluding diaryl/α,β-unsaturated/α-hetero) is 1. The summed E-state index contributed by atoms with van der Waals surface area (Å²) in [4.78, 5) is 32.0. The summed E-state index contributed by atoms with van der Waals surface area (Å²) in [6.07, 6.45) is 3.30. The number of aliphatic hydroxyl groups excluding tert-OH is 1. The molecule has 33 heavy (non-hydrogen) atoms. The molecule has 2 heterocycles. The lowest BCUT2D eigenvalue weighted by Crippen LogP contribution is -2.29. The standard InChI is InChI=1S/C27H19ClN2O3/c28-20-12-10-19(11-13-20)24-23(25(31)22-9-3-7-18-6-1-2-8-21(18)22)26(32)27(33)30(24)16-17-5-4-14-29-15-17/h1-15,24,31H,16H2/b25-23-. The number of aliphatic hydroxyl groups is 1. The van der Waals surface area contributed by atoms with Crippen LogP contribution in [0.4, 0.5) is 0 Å². The number of nitrogens with zero attached hydrogens (tertiary/aromatic N) is 2. The first-order chi connectivity index (χ1) is 16.0. The van der Waals surface area contributed by atoms with Gasteiger partial charge < -0.3 is 10.0 Å². The van der Waals surface area contributed by atoms with Crippen molar-refractivity contribution in [3.8, 4) is 0 Å². The van der Waals surface area contributed by atoms with E-state index in [1.807, 2.05) is 42.5 Å². The van der Waals surface area contributed by atoms with Crippen LogP contribution in [0, 0.1) is 0 Å². The fourth-order valence-corrected chi connectivity index (χ4v) is 4.43. The van der Waals surface area contributed by atoms with Crippen molar-refractivity contribution in [1.29, 1.82) is 0 Å². The van der Waals surface area contributed by atoms with E-state index in [1.165, 1.54) is 4.90 Å². The maximum atomic E-state index is 13.3. The molecule has 162 valence electrons. The topological polar surface area (TPSA) is 70.5 Å². The van der Waals surface area contributed by atoms with Gasteiger partial charge in [0.1, 0.15) is 5.76 Å². The largest absolute Gasteiger partial charge is 0.507 e. The van der Waals surface area contributed by atoms with E-state index in [0.29, 0.717) is 16.1 Å². The van der Waals surface area contributed by atoms with E-state index in [4.69, 9.17) is 11.6 Å². The zero-order valence-corrected chi connectivity index (χ0v) is 18.2. The minimum absolute atomic E-state index is 0.0579. The number of aromatic nitrogens is 1. The molecule has 3 aromatic carbocycles. The van der Waals surface area contributed by atoms with Crippen LogP contribution in [0.15, 0.2) is 96.8 Å². The first-order valence-corrected chi connectivity index (χ1v) is 10.8. The summed E-state index contributed by atoms with van der Waals surface area (Å²) in [5.74, 6) is -1.58. The van der Waals surface area contributed by atoms with Crippen molar-refractivity contribution < 1.29 is 14.7 Å². The Morgan fingerprint density at radius 2 is 1.70 bits per heavy atom. The SMILES string of the molecule is O=C1C(=O)N(Cc2cccnc2)C(c2ccc(Cl)cc2)/C1=C(/O)c1cccc2ccccc12. The van der Waals surface area contributed by atoms with Gasteiger partial charge in [-0.1, -0.05) is 72.3 Å². The van der Waals surface area contributed by atoms with E-state index in [2.05, 4.69) is 4.98 Å². The normalized spacial score (nSPS) is 17.6. The molecule has 0 bridgehead atoms. The lowest BCUT2D eigenvalue weighted by atomic mass is 9.93. The minimum atomic E-state index is -0.763. The van der Waals surface area contributed by atoms with Crippen molar-refractivity contribution in [3.05, 3.63) is 119 Å². The Balaban J connectivity index is 1.71. The number of hydrogen-bond donors (Lipinski definition) is 1. The van der Waals surface area contributed by atoms with Crippen LogP contribution in [-0.2, 0) is 16.1 Å². The Hall–Kier alpha value is -3.96. The van der Waals surface area contributed by atoms with Crippen LogP contribution in [0.3, 0.4) is 0 Å². The smallest absolute Gasteiger partial charge is 0.295 e. The van der Waals surface area contributed by atoms with Crippen LogP contribution < -0.4 is 0 Å². The van der Waals surface area contributed by atoms with Crippen molar-refractivity contribution in [2.75, 3.05) is 0 Å². The number of carbonyl (C=O) groups excluding carboxylic acids is 2. The monoisotopic (exact) mass is 454 g/mol. The average molecular weight is 455 g/mol. The Labute approximate surface area is 195 Å². The van der Waals surface area contributed by atoms with Crippen LogP contribution in [0.1, 0.15) is 22.7 Å². The molecular weight excluding hydrogens is 436 g/mol. The Morgan fingerprint density at radius 1 is 0.939 bits per heavy atom. The molecule has 0 saturated carbocycles. The number of fused-ring (bicyclic) bond motifs is 1. The average Bonchev–Trinajstić information content (AvgIpc) is 3.09. The Morgan fingerprint density at radius 3 is 2.45 bits per heavy atom. The zero-order chi connectivity index (χ0) is 22.9. The number of benzene rings is 3. The molecule has 1 aliphatic heterocycles. The molecule has 4 aromatic rings. The van der Waals surface area contributed by atoms with Crippen LogP contribution in [-0.4, -0.2) is 26.7 Å². The van der Waals surface area contributed by atoms with E-state index < -0.39 is 17.7 Å². The summed E-state index contributed by atoms with van der Waals surface area (Å²) in [7, 11) is 0. The molecule has 1 amide bonds. The van der Waals surface area contributed by atoms with E-state index >= 15 is 0 Å². The van der Waals surface area contributed by atoms with Gasteiger partial charge in [-0.2, -0.15) is 0 Å². The van der Waals surface area contributed by atoms with Crippen molar-refractivity contribution >= 4 is 39.8 Å².